The standard InChI is InChI=1S/C11H12S/c1-3-4-9-12-11-8-6-5-7-10(11)2/h5-8H,9H2,1-2H3. The molecule has 0 nitrogen and oxygen atoms in total. The fourth-order valence-electron chi connectivity index (χ4n) is 0.904. The van der Waals surface area contributed by atoms with E-state index in [1.54, 1.807) is 11.8 Å². The number of benzene rings is 1. The molecule has 0 N–H and O–H groups in total. The smallest absolute Gasteiger partial charge is 0.0594 e. The van der Waals surface area contributed by atoms with Crippen LogP contribution in [0, 0.1) is 18.8 Å². The minimum absolute atomic E-state index is 0.890. The maximum atomic E-state index is 3.04. The van der Waals surface area contributed by atoms with Crippen molar-refractivity contribution >= 4 is 11.8 Å². The van der Waals surface area contributed by atoms with E-state index in [2.05, 4.69) is 43.0 Å². The molecule has 0 spiro atoms. The van der Waals surface area contributed by atoms with Gasteiger partial charge in [-0.15, -0.1) is 17.7 Å². The zero-order valence-corrected chi connectivity index (χ0v) is 8.24. The van der Waals surface area contributed by atoms with Crippen LogP contribution in [0.25, 0.3) is 0 Å². The second-order valence-corrected chi connectivity index (χ2v) is 3.50. The Bertz CT molecular complexity index is 304. The van der Waals surface area contributed by atoms with Crippen molar-refractivity contribution in [2.24, 2.45) is 0 Å². The molecule has 1 heteroatoms. The van der Waals surface area contributed by atoms with Crippen LogP contribution < -0.4 is 0 Å². The van der Waals surface area contributed by atoms with Crippen LogP contribution >= 0.6 is 11.8 Å². The van der Waals surface area contributed by atoms with Crippen LogP contribution in [-0.2, 0) is 0 Å². The van der Waals surface area contributed by atoms with Crippen molar-refractivity contribution in [1.29, 1.82) is 0 Å². The molecule has 0 aliphatic rings. The minimum Gasteiger partial charge on any atom is -0.113 e. The van der Waals surface area contributed by atoms with E-state index < -0.39 is 0 Å². The average molecular weight is 176 g/mol. The van der Waals surface area contributed by atoms with Crippen molar-refractivity contribution in [3.8, 4) is 11.8 Å². The monoisotopic (exact) mass is 176 g/mol. The normalized spacial score (nSPS) is 8.83. The molecule has 0 saturated carbocycles. The molecule has 0 amide bonds. The van der Waals surface area contributed by atoms with E-state index in [1.165, 1.54) is 10.5 Å². The number of hydrogen-bond donors (Lipinski definition) is 0. The quantitative estimate of drug-likeness (QED) is 0.493. The van der Waals surface area contributed by atoms with Crippen LogP contribution in [-0.4, -0.2) is 5.75 Å². The van der Waals surface area contributed by atoms with Gasteiger partial charge in [0.25, 0.3) is 0 Å². The molecule has 12 heavy (non-hydrogen) atoms. The summed E-state index contributed by atoms with van der Waals surface area (Å²) in [7, 11) is 0. The van der Waals surface area contributed by atoms with Gasteiger partial charge < -0.3 is 0 Å². The summed E-state index contributed by atoms with van der Waals surface area (Å²) in [6, 6.07) is 8.39. The van der Waals surface area contributed by atoms with Crippen molar-refractivity contribution < 1.29 is 0 Å². The second-order valence-electron chi connectivity index (χ2n) is 2.48. The first-order chi connectivity index (χ1) is 5.84. The van der Waals surface area contributed by atoms with Gasteiger partial charge in [-0.3, -0.25) is 0 Å². The van der Waals surface area contributed by atoms with Crippen molar-refractivity contribution in [3.63, 3.8) is 0 Å². The van der Waals surface area contributed by atoms with Crippen molar-refractivity contribution in [1.82, 2.24) is 0 Å². The molecule has 1 aromatic carbocycles. The van der Waals surface area contributed by atoms with E-state index in [0.717, 1.165) is 5.75 Å². The highest BCUT2D eigenvalue weighted by Crippen LogP contribution is 2.20. The van der Waals surface area contributed by atoms with E-state index in [0.29, 0.717) is 0 Å². The van der Waals surface area contributed by atoms with Crippen molar-refractivity contribution in [2.75, 3.05) is 5.75 Å². The highest BCUT2D eigenvalue weighted by Gasteiger charge is 1.94. The van der Waals surface area contributed by atoms with Crippen LogP contribution in [0.4, 0.5) is 0 Å². The summed E-state index contributed by atoms with van der Waals surface area (Å²) in [5.41, 5.74) is 1.33. The van der Waals surface area contributed by atoms with E-state index >= 15 is 0 Å². The SMILES string of the molecule is CC#CCSc1ccccc1C. The largest absolute Gasteiger partial charge is 0.113 e. The lowest BCUT2D eigenvalue weighted by Gasteiger charge is -2.00. The lowest BCUT2D eigenvalue weighted by Crippen LogP contribution is -1.78. The number of hydrogen-bond acceptors (Lipinski definition) is 1. The number of aryl methyl sites for hydroxylation is 1. The van der Waals surface area contributed by atoms with Gasteiger partial charge in [0.1, 0.15) is 0 Å². The molecule has 0 aliphatic carbocycles. The first kappa shape index (κ1) is 9.22. The molecule has 1 aromatic rings. The Hall–Kier alpha value is -0.870. The van der Waals surface area contributed by atoms with Gasteiger partial charge in [-0.05, 0) is 25.5 Å². The first-order valence-corrected chi connectivity index (χ1v) is 4.91. The Labute approximate surface area is 78.4 Å². The maximum Gasteiger partial charge on any atom is 0.0594 e. The average Bonchev–Trinajstić information content (AvgIpc) is 2.09. The third-order valence-corrected chi connectivity index (χ3v) is 2.63. The zero-order chi connectivity index (χ0) is 8.81. The fourth-order valence-corrected chi connectivity index (χ4v) is 1.75. The van der Waals surface area contributed by atoms with Crippen LogP contribution in [0.5, 0.6) is 0 Å². The van der Waals surface area contributed by atoms with Crippen molar-refractivity contribution in [3.05, 3.63) is 29.8 Å². The molecule has 0 aliphatic heterocycles. The molecule has 0 heterocycles. The molecule has 62 valence electrons. The Morgan fingerprint density at radius 2 is 2.08 bits per heavy atom. The summed E-state index contributed by atoms with van der Waals surface area (Å²) in [6.07, 6.45) is 0. The Balaban J connectivity index is 2.61. The van der Waals surface area contributed by atoms with Gasteiger partial charge in [0.2, 0.25) is 0 Å². The van der Waals surface area contributed by atoms with Crippen molar-refractivity contribution in [2.45, 2.75) is 18.7 Å². The number of rotatable bonds is 2. The number of thioether (sulfide) groups is 1. The Morgan fingerprint density at radius 1 is 1.33 bits per heavy atom. The van der Waals surface area contributed by atoms with E-state index in [1.807, 2.05) is 6.92 Å². The van der Waals surface area contributed by atoms with Gasteiger partial charge in [0.05, 0.1) is 5.75 Å². The van der Waals surface area contributed by atoms with Gasteiger partial charge in [-0.1, -0.05) is 24.1 Å². The molecule has 0 radical (unpaired) electrons. The van der Waals surface area contributed by atoms with Crippen LogP contribution in [0.15, 0.2) is 29.2 Å². The lowest BCUT2D eigenvalue weighted by atomic mass is 10.2. The predicted molar refractivity (Wildman–Crippen MR) is 55.4 cm³/mol. The van der Waals surface area contributed by atoms with Gasteiger partial charge in [-0.25, -0.2) is 0 Å². The summed E-state index contributed by atoms with van der Waals surface area (Å²) in [5, 5.41) is 0. The van der Waals surface area contributed by atoms with E-state index in [-0.39, 0.29) is 0 Å². The third kappa shape index (κ3) is 2.64. The fraction of sp³-hybridized carbons (Fsp3) is 0.273. The van der Waals surface area contributed by atoms with Gasteiger partial charge in [0.15, 0.2) is 0 Å². The zero-order valence-electron chi connectivity index (χ0n) is 7.42. The van der Waals surface area contributed by atoms with Gasteiger partial charge >= 0.3 is 0 Å². The first-order valence-electron chi connectivity index (χ1n) is 3.92. The summed E-state index contributed by atoms with van der Waals surface area (Å²) in [4.78, 5) is 1.33. The van der Waals surface area contributed by atoms with Gasteiger partial charge in [-0.2, -0.15) is 0 Å². The summed E-state index contributed by atoms with van der Waals surface area (Å²) < 4.78 is 0. The highest BCUT2D eigenvalue weighted by atomic mass is 32.2. The molecule has 0 bridgehead atoms. The molecule has 0 saturated heterocycles. The highest BCUT2D eigenvalue weighted by molar-refractivity contribution is 7.99. The minimum atomic E-state index is 0.890. The molecule has 0 fully saturated rings. The topological polar surface area (TPSA) is 0 Å². The molecule has 0 atom stereocenters. The Kier molecular flexibility index (Phi) is 3.76. The van der Waals surface area contributed by atoms with Crippen LogP contribution in [0.3, 0.4) is 0 Å². The summed E-state index contributed by atoms with van der Waals surface area (Å²) >= 11 is 1.80. The van der Waals surface area contributed by atoms with Crippen LogP contribution in [0.1, 0.15) is 12.5 Å². The van der Waals surface area contributed by atoms with E-state index in [4.69, 9.17) is 0 Å². The molecular formula is C11H12S. The summed E-state index contributed by atoms with van der Waals surface area (Å²) in [5.74, 6) is 6.81. The third-order valence-electron chi connectivity index (χ3n) is 1.57. The van der Waals surface area contributed by atoms with Crippen LogP contribution in [0.2, 0.25) is 0 Å². The van der Waals surface area contributed by atoms with Gasteiger partial charge in [0, 0.05) is 4.90 Å². The Morgan fingerprint density at radius 3 is 2.75 bits per heavy atom. The molecule has 0 aromatic heterocycles. The lowest BCUT2D eigenvalue weighted by molar-refractivity contribution is 1.30. The van der Waals surface area contributed by atoms with E-state index in [9.17, 15) is 0 Å². The molecule has 0 unspecified atom stereocenters. The second kappa shape index (κ2) is 4.90. The summed E-state index contributed by atoms with van der Waals surface area (Å²) in [6.45, 7) is 4.00. The predicted octanol–water partition coefficient (Wildman–Crippen LogP) is 3.11. The molecular weight excluding hydrogens is 164 g/mol. The maximum absolute atomic E-state index is 3.04. The molecule has 1 rings (SSSR count).